The summed E-state index contributed by atoms with van der Waals surface area (Å²) in [6.07, 6.45) is -6.29. The standard InChI is InChI=1S/C21H17F6N5O2/c1-11-10-29-17(20(22,23)24)8-13(11)15-9-16-14(3-2-6-32(16)31-15)30-19(33)12-4-5-28-18(7-12)34-21(25,26)27/h4-5,7-10,14H,2-3,6H2,1H3,(H,30,33). The van der Waals surface area contributed by atoms with Crippen molar-refractivity contribution in [2.45, 2.75) is 44.9 Å². The Morgan fingerprint density at radius 3 is 2.62 bits per heavy atom. The summed E-state index contributed by atoms with van der Waals surface area (Å²) in [5, 5.41) is 7.14. The third kappa shape index (κ3) is 5.13. The van der Waals surface area contributed by atoms with Crippen LogP contribution in [0.15, 0.2) is 36.7 Å². The number of aryl methyl sites for hydroxylation is 2. The zero-order valence-electron chi connectivity index (χ0n) is 17.5. The number of nitrogens with one attached hydrogen (secondary N) is 1. The van der Waals surface area contributed by atoms with Crippen LogP contribution < -0.4 is 10.1 Å². The van der Waals surface area contributed by atoms with Gasteiger partial charge in [-0.2, -0.15) is 18.3 Å². The molecule has 13 heteroatoms. The number of halogens is 6. The fourth-order valence-electron chi connectivity index (χ4n) is 3.68. The van der Waals surface area contributed by atoms with Gasteiger partial charge in [0.15, 0.2) is 0 Å². The Morgan fingerprint density at radius 2 is 1.91 bits per heavy atom. The molecule has 0 saturated carbocycles. The fourth-order valence-corrected chi connectivity index (χ4v) is 3.68. The van der Waals surface area contributed by atoms with E-state index in [0.717, 1.165) is 24.5 Å². The van der Waals surface area contributed by atoms with Gasteiger partial charge in [0.1, 0.15) is 5.69 Å². The molecule has 1 unspecified atom stereocenters. The van der Waals surface area contributed by atoms with Gasteiger partial charge in [-0.15, -0.1) is 13.2 Å². The summed E-state index contributed by atoms with van der Waals surface area (Å²) < 4.78 is 82.0. The molecular weight excluding hydrogens is 468 g/mol. The summed E-state index contributed by atoms with van der Waals surface area (Å²) in [6.45, 7) is 2.11. The van der Waals surface area contributed by atoms with Gasteiger partial charge in [-0.1, -0.05) is 0 Å². The number of hydrogen-bond acceptors (Lipinski definition) is 5. The van der Waals surface area contributed by atoms with Crippen LogP contribution >= 0.6 is 0 Å². The Kier molecular flexibility index (Phi) is 5.96. The third-order valence-electron chi connectivity index (χ3n) is 5.22. The molecule has 1 atom stereocenters. The Balaban J connectivity index is 1.59. The van der Waals surface area contributed by atoms with Gasteiger partial charge in [-0.25, -0.2) is 4.98 Å². The van der Waals surface area contributed by atoms with Crippen LogP contribution in [-0.4, -0.2) is 32.0 Å². The van der Waals surface area contributed by atoms with Crippen LogP contribution in [0.3, 0.4) is 0 Å². The number of alkyl halides is 6. The predicted molar refractivity (Wildman–Crippen MR) is 106 cm³/mol. The van der Waals surface area contributed by atoms with E-state index in [2.05, 4.69) is 25.1 Å². The van der Waals surface area contributed by atoms with Crippen LogP contribution in [0.25, 0.3) is 11.3 Å². The number of carbonyl (C=O) groups excluding carboxylic acids is 1. The third-order valence-corrected chi connectivity index (χ3v) is 5.22. The van der Waals surface area contributed by atoms with E-state index in [9.17, 15) is 31.1 Å². The summed E-state index contributed by atoms with van der Waals surface area (Å²) >= 11 is 0. The fraction of sp³-hybridized carbons (Fsp3) is 0.333. The first kappa shape index (κ1) is 23.5. The predicted octanol–water partition coefficient (Wildman–Crippen LogP) is 4.83. The first-order chi connectivity index (χ1) is 15.9. The number of nitrogens with zero attached hydrogens (tertiary/aromatic N) is 4. The maximum Gasteiger partial charge on any atom is 0.574 e. The van der Waals surface area contributed by atoms with Crippen molar-refractivity contribution in [3.05, 3.63) is 59.2 Å². The van der Waals surface area contributed by atoms with Crippen LogP contribution in [0.4, 0.5) is 26.3 Å². The average Bonchev–Trinajstić information content (AvgIpc) is 3.17. The van der Waals surface area contributed by atoms with Crippen molar-refractivity contribution in [1.29, 1.82) is 0 Å². The molecule has 1 N–H and O–H groups in total. The summed E-state index contributed by atoms with van der Waals surface area (Å²) in [7, 11) is 0. The smallest absolute Gasteiger partial charge is 0.388 e. The van der Waals surface area contributed by atoms with E-state index < -0.39 is 36.1 Å². The maximum atomic E-state index is 13.1. The lowest BCUT2D eigenvalue weighted by Crippen LogP contribution is -2.32. The number of amides is 1. The molecule has 3 aromatic heterocycles. The number of fused-ring (bicyclic) bond motifs is 1. The van der Waals surface area contributed by atoms with Crippen LogP contribution in [0.5, 0.6) is 5.88 Å². The van der Waals surface area contributed by atoms with Crippen molar-refractivity contribution < 1.29 is 35.9 Å². The van der Waals surface area contributed by atoms with Crippen molar-refractivity contribution in [3.8, 4) is 17.1 Å². The lowest BCUT2D eigenvalue weighted by Gasteiger charge is -2.24. The van der Waals surface area contributed by atoms with Crippen LogP contribution in [-0.2, 0) is 12.7 Å². The topological polar surface area (TPSA) is 81.9 Å². The van der Waals surface area contributed by atoms with Crippen LogP contribution in [0.2, 0.25) is 0 Å². The van der Waals surface area contributed by atoms with E-state index in [1.165, 1.54) is 6.07 Å². The highest BCUT2D eigenvalue weighted by Crippen LogP contribution is 2.34. The summed E-state index contributed by atoms with van der Waals surface area (Å²) in [6, 6.07) is 4.08. The van der Waals surface area contributed by atoms with Gasteiger partial charge < -0.3 is 10.1 Å². The van der Waals surface area contributed by atoms with Crippen LogP contribution in [0, 0.1) is 6.92 Å². The van der Waals surface area contributed by atoms with E-state index >= 15 is 0 Å². The number of pyridine rings is 2. The minimum absolute atomic E-state index is 0.0918. The molecule has 1 aliphatic rings. The molecule has 0 saturated heterocycles. The van der Waals surface area contributed by atoms with Gasteiger partial charge >= 0.3 is 12.5 Å². The molecule has 0 aliphatic carbocycles. The Labute approximate surface area is 188 Å². The first-order valence-corrected chi connectivity index (χ1v) is 10.1. The molecule has 180 valence electrons. The molecule has 0 bridgehead atoms. The second-order valence-corrected chi connectivity index (χ2v) is 7.66. The molecule has 4 heterocycles. The Hall–Kier alpha value is -3.64. The second-order valence-electron chi connectivity index (χ2n) is 7.66. The molecule has 0 radical (unpaired) electrons. The number of carbonyl (C=O) groups is 1. The highest BCUT2D eigenvalue weighted by molar-refractivity contribution is 5.94. The van der Waals surface area contributed by atoms with Crippen LogP contribution in [0.1, 0.15) is 46.2 Å². The van der Waals surface area contributed by atoms with E-state index in [4.69, 9.17) is 0 Å². The lowest BCUT2D eigenvalue weighted by molar-refractivity contribution is -0.276. The largest absolute Gasteiger partial charge is 0.574 e. The summed E-state index contributed by atoms with van der Waals surface area (Å²) in [4.78, 5) is 19.6. The van der Waals surface area contributed by atoms with Gasteiger partial charge in [0.25, 0.3) is 5.91 Å². The number of rotatable bonds is 4. The molecule has 3 aromatic rings. The van der Waals surface area contributed by atoms with Crippen molar-refractivity contribution in [3.63, 3.8) is 0 Å². The highest BCUT2D eigenvalue weighted by atomic mass is 19.4. The van der Waals surface area contributed by atoms with Gasteiger partial charge in [-0.05, 0) is 43.5 Å². The molecule has 4 rings (SSSR count). The van der Waals surface area contributed by atoms with Crippen molar-refractivity contribution in [2.24, 2.45) is 0 Å². The minimum atomic E-state index is -4.95. The second kappa shape index (κ2) is 8.61. The average molecular weight is 485 g/mol. The molecule has 1 aliphatic heterocycles. The van der Waals surface area contributed by atoms with Gasteiger partial charge in [0, 0.05) is 36.1 Å². The van der Waals surface area contributed by atoms with Gasteiger partial charge in [-0.3, -0.25) is 14.5 Å². The van der Waals surface area contributed by atoms with Crippen molar-refractivity contribution in [2.75, 3.05) is 0 Å². The summed E-state index contributed by atoms with van der Waals surface area (Å²) in [5.41, 5.74) is 0.492. The molecule has 34 heavy (non-hydrogen) atoms. The Morgan fingerprint density at radius 1 is 1.15 bits per heavy atom. The minimum Gasteiger partial charge on any atom is -0.388 e. The zero-order valence-corrected chi connectivity index (χ0v) is 17.5. The normalized spacial score (nSPS) is 16.1. The van der Waals surface area contributed by atoms with E-state index in [1.54, 1.807) is 17.7 Å². The molecule has 0 spiro atoms. The lowest BCUT2D eigenvalue weighted by atomic mass is 10.0. The number of hydrogen-bond donors (Lipinski definition) is 1. The van der Waals surface area contributed by atoms with Gasteiger partial charge in [0.2, 0.25) is 5.88 Å². The molecule has 7 nitrogen and oxygen atoms in total. The Bertz CT molecular complexity index is 1220. The van der Waals surface area contributed by atoms with E-state index in [1.807, 2.05) is 0 Å². The van der Waals surface area contributed by atoms with Crippen molar-refractivity contribution in [1.82, 2.24) is 25.1 Å². The molecule has 0 fully saturated rings. The SMILES string of the molecule is Cc1cnc(C(F)(F)F)cc1-c1cc2n(n1)CCCC2NC(=O)c1ccnc(OC(F)(F)F)c1. The highest BCUT2D eigenvalue weighted by Gasteiger charge is 2.34. The van der Waals surface area contributed by atoms with Gasteiger partial charge in [0.05, 0.1) is 17.4 Å². The summed E-state index contributed by atoms with van der Waals surface area (Å²) in [5.74, 6) is -1.43. The molecule has 0 aromatic carbocycles. The zero-order chi connectivity index (χ0) is 24.7. The maximum absolute atomic E-state index is 13.1. The number of ether oxygens (including phenoxy) is 1. The quantitative estimate of drug-likeness (QED) is 0.536. The molecule has 1 amide bonds. The van der Waals surface area contributed by atoms with E-state index in [-0.39, 0.29) is 11.1 Å². The van der Waals surface area contributed by atoms with Crippen molar-refractivity contribution >= 4 is 5.91 Å². The number of aromatic nitrogens is 4. The molecular formula is C21H17F6N5O2. The first-order valence-electron chi connectivity index (χ1n) is 10.1. The monoisotopic (exact) mass is 485 g/mol. The van der Waals surface area contributed by atoms with E-state index in [0.29, 0.717) is 36.3 Å².